The SMILES string of the molecule is CCOC(=O)CCN(CCc1ccc(OC)c(OC)c1)C(=O)C(C)C. The molecule has 0 saturated carbocycles. The first-order valence-corrected chi connectivity index (χ1v) is 8.58. The number of benzene rings is 1. The summed E-state index contributed by atoms with van der Waals surface area (Å²) >= 11 is 0. The van der Waals surface area contributed by atoms with Crippen LogP contribution in [-0.4, -0.2) is 50.7 Å². The summed E-state index contributed by atoms with van der Waals surface area (Å²) in [6.07, 6.45) is 0.875. The number of carbonyl (C=O) groups is 2. The fraction of sp³-hybridized carbons (Fsp3) is 0.579. The van der Waals surface area contributed by atoms with Crippen molar-refractivity contribution in [2.45, 2.75) is 33.6 Å². The van der Waals surface area contributed by atoms with Crippen molar-refractivity contribution in [2.75, 3.05) is 33.9 Å². The number of amides is 1. The third-order valence-corrected chi connectivity index (χ3v) is 3.82. The van der Waals surface area contributed by atoms with Crippen LogP contribution in [0.15, 0.2) is 18.2 Å². The molecule has 0 heterocycles. The summed E-state index contributed by atoms with van der Waals surface area (Å²) < 4.78 is 15.5. The van der Waals surface area contributed by atoms with Crippen molar-refractivity contribution < 1.29 is 23.8 Å². The molecule has 6 nitrogen and oxygen atoms in total. The van der Waals surface area contributed by atoms with Gasteiger partial charge < -0.3 is 19.1 Å². The Balaban J connectivity index is 2.74. The Morgan fingerprint density at radius 3 is 2.32 bits per heavy atom. The van der Waals surface area contributed by atoms with Crippen LogP contribution in [0.4, 0.5) is 0 Å². The number of rotatable bonds is 10. The van der Waals surface area contributed by atoms with Gasteiger partial charge in [-0.3, -0.25) is 9.59 Å². The lowest BCUT2D eigenvalue weighted by molar-refractivity contribution is -0.144. The fourth-order valence-corrected chi connectivity index (χ4v) is 2.46. The molecule has 1 amide bonds. The monoisotopic (exact) mass is 351 g/mol. The zero-order valence-electron chi connectivity index (χ0n) is 15.8. The van der Waals surface area contributed by atoms with E-state index in [2.05, 4.69) is 0 Å². The summed E-state index contributed by atoms with van der Waals surface area (Å²) in [5, 5.41) is 0. The summed E-state index contributed by atoms with van der Waals surface area (Å²) in [5.41, 5.74) is 1.04. The van der Waals surface area contributed by atoms with Crippen LogP contribution < -0.4 is 9.47 Å². The molecule has 0 radical (unpaired) electrons. The first-order chi connectivity index (χ1) is 11.9. The van der Waals surface area contributed by atoms with E-state index in [0.29, 0.717) is 37.6 Å². The Kier molecular flexibility index (Phi) is 8.81. The summed E-state index contributed by atoms with van der Waals surface area (Å²) in [5.74, 6) is 0.962. The highest BCUT2D eigenvalue weighted by Crippen LogP contribution is 2.27. The van der Waals surface area contributed by atoms with Gasteiger partial charge >= 0.3 is 5.97 Å². The van der Waals surface area contributed by atoms with Gasteiger partial charge in [0.2, 0.25) is 5.91 Å². The van der Waals surface area contributed by atoms with Crippen molar-refractivity contribution in [1.29, 1.82) is 0 Å². The maximum absolute atomic E-state index is 12.4. The second-order valence-electron chi connectivity index (χ2n) is 5.97. The maximum Gasteiger partial charge on any atom is 0.307 e. The Bertz CT molecular complexity index is 571. The van der Waals surface area contributed by atoms with Gasteiger partial charge in [-0.05, 0) is 31.0 Å². The van der Waals surface area contributed by atoms with Crippen LogP contribution >= 0.6 is 0 Å². The van der Waals surface area contributed by atoms with Crippen LogP contribution in [0.25, 0.3) is 0 Å². The summed E-state index contributed by atoms with van der Waals surface area (Å²) in [7, 11) is 3.19. The van der Waals surface area contributed by atoms with Crippen molar-refractivity contribution in [3.63, 3.8) is 0 Å². The lowest BCUT2D eigenvalue weighted by Gasteiger charge is -2.24. The molecule has 0 saturated heterocycles. The molecule has 0 aliphatic heterocycles. The van der Waals surface area contributed by atoms with E-state index in [1.54, 1.807) is 26.0 Å². The molecule has 0 bridgehead atoms. The molecule has 1 rings (SSSR count). The van der Waals surface area contributed by atoms with Gasteiger partial charge in [0.05, 0.1) is 27.2 Å². The average Bonchev–Trinajstić information content (AvgIpc) is 2.61. The van der Waals surface area contributed by atoms with Gasteiger partial charge in [-0.15, -0.1) is 0 Å². The Hall–Kier alpha value is -2.24. The molecule has 0 fully saturated rings. The highest BCUT2D eigenvalue weighted by atomic mass is 16.5. The predicted octanol–water partition coefficient (Wildman–Crippen LogP) is 2.68. The molecular formula is C19H29NO5. The van der Waals surface area contributed by atoms with Crippen LogP contribution in [0.3, 0.4) is 0 Å². The maximum atomic E-state index is 12.4. The lowest BCUT2D eigenvalue weighted by atomic mass is 10.1. The topological polar surface area (TPSA) is 65.1 Å². The molecule has 140 valence electrons. The van der Waals surface area contributed by atoms with E-state index >= 15 is 0 Å². The zero-order chi connectivity index (χ0) is 18.8. The van der Waals surface area contributed by atoms with Crippen LogP contribution in [0.2, 0.25) is 0 Å². The molecule has 0 aliphatic rings. The van der Waals surface area contributed by atoms with Gasteiger partial charge in [0, 0.05) is 19.0 Å². The van der Waals surface area contributed by atoms with Gasteiger partial charge in [-0.25, -0.2) is 0 Å². The minimum absolute atomic E-state index is 0.0322. The standard InChI is InChI=1S/C19H29NO5/c1-6-25-18(21)10-12-20(19(22)14(2)3)11-9-15-7-8-16(23-4)17(13-15)24-5/h7-8,13-14H,6,9-12H2,1-5H3. The van der Waals surface area contributed by atoms with Crippen LogP contribution in [0.1, 0.15) is 32.8 Å². The smallest absolute Gasteiger partial charge is 0.307 e. The second kappa shape index (κ2) is 10.6. The molecular weight excluding hydrogens is 322 g/mol. The predicted molar refractivity (Wildman–Crippen MR) is 95.9 cm³/mol. The highest BCUT2D eigenvalue weighted by molar-refractivity contribution is 5.79. The molecule has 0 unspecified atom stereocenters. The number of methoxy groups -OCH3 is 2. The Morgan fingerprint density at radius 1 is 1.08 bits per heavy atom. The van der Waals surface area contributed by atoms with Crippen molar-refractivity contribution in [3.8, 4) is 11.5 Å². The largest absolute Gasteiger partial charge is 0.493 e. The minimum atomic E-state index is -0.282. The lowest BCUT2D eigenvalue weighted by Crippen LogP contribution is -2.37. The van der Waals surface area contributed by atoms with Crippen molar-refractivity contribution in [1.82, 2.24) is 4.90 Å². The number of esters is 1. The van der Waals surface area contributed by atoms with E-state index in [1.807, 2.05) is 32.0 Å². The van der Waals surface area contributed by atoms with E-state index in [4.69, 9.17) is 14.2 Å². The highest BCUT2D eigenvalue weighted by Gasteiger charge is 2.18. The van der Waals surface area contributed by atoms with E-state index < -0.39 is 0 Å². The summed E-state index contributed by atoms with van der Waals surface area (Å²) in [4.78, 5) is 25.7. The van der Waals surface area contributed by atoms with Crippen LogP contribution in [-0.2, 0) is 20.7 Å². The number of nitrogens with zero attached hydrogens (tertiary/aromatic N) is 1. The van der Waals surface area contributed by atoms with E-state index in [-0.39, 0.29) is 24.2 Å². The third-order valence-electron chi connectivity index (χ3n) is 3.82. The number of carbonyl (C=O) groups excluding carboxylic acids is 2. The fourth-order valence-electron chi connectivity index (χ4n) is 2.46. The minimum Gasteiger partial charge on any atom is -0.493 e. The van der Waals surface area contributed by atoms with Gasteiger partial charge in [-0.2, -0.15) is 0 Å². The Labute approximate surface area is 150 Å². The molecule has 6 heteroatoms. The van der Waals surface area contributed by atoms with Gasteiger partial charge in [0.1, 0.15) is 0 Å². The van der Waals surface area contributed by atoms with Gasteiger partial charge in [-0.1, -0.05) is 19.9 Å². The molecule has 0 atom stereocenters. The van der Waals surface area contributed by atoms with E-state index in [0.717, 1.165) is 5.56 Å². The number of hydrogen-bond donors (Lipinski definition) is 0. The first-order valence-electron chi connectivity index (χ1n) is 8.58. The molecule has 1 aromatic rings. The third kappa shape index (κ3) is 6.64. The van der Waals surface area contributed by atoms with Crippen molar-refractivity contribution >= 4 is 11.9 Å². The quantitative estimate of drug-likeness (QED) is 0.607. The summed E-state index contributed by atoms with van der Waals surface area (Å²) in [6, 6.07) is 5.70. The van der Waals surface area contributed by atoms with Crippen LogP contribution in [0.5, 0.6) is 11.5 Å². The number of ether oxygens (including phenoxy) is 3. The molecule has 1 aromatic carbocycles. The van der Waals surface area contributed by atoms with Gasteiger partial charge in [0.15, 0.2) is 11.5 Å². The first kappa shape index (κ1) is 20.8. The molecule has 25 heavy (non-hydrogen) atoms. The average molecular weight is 351 g/mol. The summed E-state index contributed by atoms with van der Waals surface area (Å²) in [6.45, 7) is 6.73. The second-order valence-corrected chi connectivity index (χ2v) is 5.97. The normalized spacial score (nSPS) is 10.5. The van der Waals surface area contributed by atoms with Crippen molar-refractivity contribution in [3.05, 3.63) is 23.8 Å². The number of hydrogen-bond acceptors (Lipinski definition) is 5. The molecule has 0 aromatic heterocycles. The zero-order valence-corrected chi connectivity index (χ0v) is 15.8. The molecule has 0 aliphatic carbocycles. The van der Waals surface area contributed by atoms with Crippen molar-refractivity contribution in [2.24, 2.45) is 5.92 Å². The van der Waals surface area contributed by atoms with Gasteiger partial charge in [0.25, 0.3) is 0 Å². The molecule has 0 N–H and O–H groups in total. The Morgan fingerprint density at radius 2 is 1.76 bits per heavy atom. The van der Waals surface area contributed by atoms with Crippen LogP contribution in [0, 0.1) is 5.92 Å². The van der Waals surface area contributed by atoms with E-state index in [1.165, 1.54) is 0 Å². The van der Waals surface area contributed by atoms with E-state index in [9.17, 15) is 9.59 Å². The molecule has 0 spiro atoms.